The van der Waals surface area contributed by atoms with Crippen LogP contribution in [0.5, 0.6) is 0 Å². The summed E-state index contributed by atoms with van der Waals surface area (Å²) in [6, 6.07) is 29.8. The summed E-state index contributed by atoms with van der Waals surface area (Å²) in [6.45, 7) is 4.30. The zero-order valence-electron chi connectivity index (χ0n) is 27.8. The molecule has 3 aromatic carbocycles. The molecule has 0 unspecified atom stereocenters. The van der Waals surface area contributed by atoms with E-state index >= 15 is 0 Å². The maximum atomic E-state index is 13.4. The molecule has 0 saturated carbocycles. The van der Waals surface area contributed by atoms with E-state index in [1.165, 1.54) is 40.0 Å². The molecule has 5 aromatic rings. The maximum Gasteiger partial charge on any atom is 0.341 e. The molecule has 0 radical (unpaired) electrons. The molecule has 1 aliphatic heterocycles. The molecule has 9 nitrogen and oxygen atoms in total. The number of thiophene rings is 2. The van der Waals surface area contributed by atoms with Crippen LogP contribution in [0.1, 0.15) is 48.5 Å². The largest absolute Gasteiger partial charge is 0.462 e. The number of carbonyl (C=O) groups excluding carboxylic acids is 4. The summed E-state index contributed by atoms with van der Waals surface area (Å²) in [5.74, 6) is -1.48. The third-order valence-corrected chi connectivity index (χ3v) is 10.9. The van der Waals surface area contributed by atoms with Crippen molar-refractivity contribution in [3.8, 4) is 0 Å². The minimum absolute atomic E-state index is 0.0824. The number of benzene rings is 3. The van der Waals surface area contributed by atoms with Crippen LogP contribution in [0.15, 0.2) is 113 Å². The smallest absolute Gasteiger partial charge is 0.341 e. The van der Waals surface area contributed by atoms with Crippen LogP contribution in [0.4, 0.5) is 10.7 Å². The van der Waals surface area contributed by atoms with Crippen molar-refractivity contribution < 1.29 is 23.9 Å². The van der Waals surface area contributed by atoms with Gasteiger partial charge in [-0.05, 0) is 72.3 Å². The summed E-state index contributed by atoms with van der Waals surface area (Å²) in [4.78, 5) is 57.6. The minimum atomic E-state index is -0.483. The molecule has 0 aliphatic carbocycles. The van der Waals surface area contributed by atoms with E-state index in [9.17, 15) is 19.2 Å². The third-order valence-electron chi connectivity index (χ3n) is 7.94. The van der Waals surface area contributed by atoms with E-state index in [2.05, 4.69) is 33.0 Å². The Morgan fingerprint density at radius 1 is 0.922 bits per heavy atom. The van der Waals surface area contributed by atoms with E-state index in [1.807, 2.05) is 47.8 Å². The zero-order chi connectivity index (χ0) is 35.6. The first kappa shape index (κ1) is 35.8. The number of anilines is 2. The highest BCUT2D eigenvalue weighted by Gasteiger charge is 2.29. The monoisotopic (exact) mass is 736 g/mol. The van der Waals surface area contributed by atoms with Gasteiger partial charge in [-0.2, -0.15) is 0 Å². The van der Waals surface area contributed by atoms with Crippen molar-refractivity contribution in [2.24, 2.45) is 0 Å². The molecule has 3 N–H and O–H groups in total. The number of carbonyl (C=O) groups is 4. The summed E-state index contributed by atoms with van der Waals surface area (Å²) >= 11 is 4.18. The Balaban J connectivity index is 1.10. The molecule has 0 spiro atoms. The molecule has 3 heterocycles. The number of hydrogen-bond acceptors (Lipinski definition) is 9. The van der Waals surface area contributed by atoms with Gasteiger partial charge < -0.3 is 20.7 Å². The van der Waals surface area contributed by atoms with Gasteiger partial charge in [0.25, 0.3) is 11.8 Å². The van der Waals surface area contributed by atoms with Gasteiger partial charge in [0.2, 0.25) is 5.91 Å². The molecule has 260 valence electrons. The standard InChI is InChI=1S/C39H36N4O5S3/c1-2-48-39(47)35-31-18-19-43(23-26-11-5-3-6-12-26)24-33(31)51-38(35)42-34(44)25-50-29-16-9-15-28(21-29)40-37(46)32(22-30-17-10-20-49-30)41-36(45)27-13-7-4-8-14-27/h3-17,20-22H,2,18-19,23-25H2,1H3,(H,40,46)(H,41,45)(H,42,44)/b32-22-. The Hall–Kier alpha value is -5.01. The molecule has 6 rings (SSSR count). The van der Waals surface area contributed by atoms with Gasteiger partial charge in [0, 0.05) is 45.5 Å². The van der Waals surface area contributed by atoms with Crippen LogP contribution in [0.25, 0.3) is 6.08 Å². The van der Waals surface area contributed by atoms with Crippen LogP contribution in [0, 0.1) is 0 Å². The SMILES string of the molecule is CCOC(=O)c1c(NC(=O)CSc2cccc(NC(=O)/C(=C/c3cccs3)NC(=O)c3ccccc3)c2)sc2c1CCN(Cc1ccccc1)C2. The average molecular weight is 737 g/mol. The summed E-state index contributed by atoms with van der Waals surface area (Å²) in [5, 5.41) is 11.0. The van der Waals surface area contributed by atoms with Crippen LogP contribution in [-0.4, -0.2) is 47.5 Å². The van der Waals surface area contributed by atoms with Gasteiger partial charge in [-0.25, -0.2) is 4.79 Å². The molecular formula is C39H36N4O5S3. The second-order valence-electron chi connectivity index (χ2n) is 11.6. The van der Waals surface area contributed by atoms with E-state index in [-0.39, 0.29) is 24.0 Å². The fraction of sp³-hybridized carbons (Fsp3) is 0.179. The topological polar surface area (TPSA) is 117 Å². The van der Waals surface area contributed by atoms with Crippen molar-refractivity contribution in [3.63, 3.8) is 0 Å². The quantitative estimate of drug-likeness (QED) is 0.0645. The molecule has 2 aromatic heterocycles. The molecule has 0 atom stereocenters. The normalized spacial score (nSPS) is 12.8. The number of rotatable bonds is 13. The fourth-order valence-electron chi connectivity index (χ4n) is 5.57. The molecule has 0 fully saturated rings. The van der Waals surface area contributed by atoms with E-state index in [1.54, 1.807) is 55.5 Å². The first-order chi connectivity index (χ1) is 24.9. The van der Waals surface area contributed by atoms with Crippen molar-refractivity contribution in [1.29, 1.82) is 0 Å². The van der Waals surface area contributed by atoms with Crippen LogP contribution in [-0.2, 0) is 33.8 Å². The highest BCUT2D eigenvalue weighted by Crippen LogP contribution is 2.38. The highest BCUT2D eigenvalue weighted by atomic mass is 32.2. The van der Waals surface area contributed by atoms with Crippen LogP contribution >= 0.6 is 34.4 Å². The lowest BCUT2D eigenvalue weighted by molar-refractivity contribution is -0.114. The van der Waals surface area contributed by atoms with Crippen LogP contribution in [0.3, 0.4) is 0 Å². The molecule has 12 heteroatoms. The average Bonchev–Trinajstić information content (AvgIpc) is 3.79. The predicted molar refractivity (Wildman–Crippen MR) is 205 cm³/mol. The second kappa shape index (κ2) is 17.3. The number of fused-ring (bicyclic) bond motifs is 1. The summed E-state index contributed by atoms with van der Waals surface area (Å²) in [7, 11) is 0. The summed E-state index contributed by atoms with van der Waals surface area (Å²) in [6.07, 6.45) is 2.33. The van der Waals surface area contributed by atoms with E-state index < -0.39 is 17.8 Å². The molecule has 0 bridgehead atoms. The number of hydrogen-bond donors (Lipinski definition) is 3. The number of thioether (sulfide) groups is 1. The first-order valence-electron chi connectivity index (χ1n) is 16.4. The maximum absolute atomic E-state index is 13.4. The van der Waals surface area contributed by atoms with Gasteiger partial charge in [-0.15, -0.1) is 34.4 Å². The van der Waals surface area contributed by atoms with Crippen LogP contribution in [0.2, 0.25) is 0 Å². The van der Waals surface area contributed by atoms with Gasteiger partial charge >= 0.3 is 5.97 Å². The minimum Gasteiger partial charge on any atom is -0.462 e. The summed E-state index contributed by atoms with van der Waals surface area (Å²) in [5.41, 5.74) is 3.66. The third kappa shape index (κ3) is 9.62. The van der Waals surface area contributed by atoms with Gasteiger partial charge in [0.15, 0.2) is 0 Å². The first-order valence-corrected chi connectivity index (χ1v) is 19.1. The van der Waals surface area contributed by atoms with Crippen molar-refractivity contribution in [1.82, 2.24) is 10.2 Å². The zero-order valence-corrected chi connectivity index (χ0v) is 30.3. The lowest BCUT2D eigenvalue weighted by Crippen LogP contribution is -2.30. The molecule has 3 amide bonds. The fourth-order valence-corrected chi connectivity index (χ4v) is 8.28. The Kier molecular flexibility index (Phi) is 12.1. The lowest BCUT2D eigenvalue weighted by Gasteiger charge is -2.27. The van der Waals surface area contributed by atoms with Gasteiger partial charge in [0.1, 0.15) is 10.7 Å². The summed E-state index contributed by atoms with van der Waals surface area (Å²) < 4.78 is 5.40. The lowest BCUT2D eigenvalue weighted by atomic mass is 10.0. The van der Waals surface area contributed by atoms with E-state index in [4.69, 9.17) is 4.74 Å². The highest BCUT2D eigenvalue weighted by molar-refractivity contribution is 8.00. The number of nitrogens with zero attached hydrogens (tertiary/aromatic N) is 1. The Morgan fingerprint density at radius 3 is 2.45 bits per heavy atom. The number of amides is 3. The van der Waals surface area contributed by atoms with Crippen molar-refractivity contribution in [2.45, 2.75) is 31.3 Å². The Morgan fingerprint density at radius 2 is 1.71 bits per heavy atom. The van der Waals surface area contributed by atoms with Crippen molar-refractivity contribution in [3.05, 3.63) is 140 Å². The molecule has 1 aliphatic rings. The van der Waals surface area contributed by atoms with Gasteiger partial charge in [-0.3, -0.25) is 19.3 Å². The van der Waals surface area contributed by atoms with Crippen molar-refractivity contribution >= 4 is 74.9 Å². The van der Waals surface area contributed by atoms with E-state index in [0.29, 0.717) is 34.8 Å². The van der Waals surface area contributed by atoms with Gasteiger partial charge in [0.05, 0.1) is 17.9 Å². The number of esters is 1. The van der Waals surface area contributed by atoms with Gasteiger partial charge in [-0.1, -0.05) is 60.7 Å². The Bertz CT molecular complexity index is 2030. The Labute approximate surface area is 308 Å². The molecular weight excluding hydrogens is 701 g/mol. The number of ether oxygens (including phenoxy) is 1. The second-order valence-corrected chi connectivity index (χ2v) is 14.7. The predicted octanol–water partition coefficient (Wildman–Crippen LogP) is 7.69. The van der Waals surface area contributed by atoms with E-state index in [0.717, 1.165) is 33.3 Å². The van der Waals surface area contributed by atoms with Crippen LogP contribution < -0.4 is 16.0 Å². The molecule has 0 saturated heterocycles. The number of nitrogens with one attached hydrogen (secondary N) is 3. The van der Waals surface area contributed by atoms with Crippen molar-refractivity contribution in [2.75, 3.05) is 29.5 Å². The molecule has 51 heavy (non-hydrogen) atoms.